The van der Waals surface area contributed by atoms with Gasteiger partial charge in [-0.2, -0.15) is 0 Å². The Bertz CT molecular complexity index is 566. The third-order valence-corrected chi connectivity index (χ3v) is 4.54. The van der Waals surface area contributed by atoms with Crippen molar-refractivity contribution in [2.75, 3.05) is 39.3 Å². The topological polar surface area (TPSA) is 47.9 Å². The summed E-state index contributed by atoms with van der Waals surface area (Å²) in [6.07, 6.45) is 0. The second kappa shape index (κ2) is 9.99. The van der Waals surface area contributed by atoms with Gasteiger partial charge in [-0.25, -0.2) is 0 Å². The van der Waals surface area contributed by atoms with Gasteiger partial charge in [-0.05, 0) is 12.5 Å². The minimum atomic E-state index is -0.0108. The van der Waals surface area contributed by atoms with Crippen LogP contribution in [0.5, 0.6) is 0 Å². The number of nitrogens with zero attached hydrogens (tertiary/aromatic N) is 3. The largest absolute Gasteiger partial charge is 0.357 e. The Hall–Kier alpha value is -1.31. The fourth-order valence-electron chi connectivity index (χ4n) is 2.91. The number of amides is 1. The standard InChI is InChI=1S/C19H30N4O.HI/c1-5-20-18(23-13-11-22(12-14-23)16(2)24)21-15-19(3,4)17-9-7-6-8-10-17;/h6-10H,5,11-15H2,1-4H3,(H,20,21);1H. The van der Waals surface area contributed by atoms with Crippen LogP contribution >= 0.6 is 24.0 Å². The molecule has 5 nitrogen and oxygen atoms in total. The highest BCUT2D eigenvalue weighted by Crippen LogP contribution is 2.23. The summed E-state index contributed by atoms with van der Waals surface area (Å²) in [6.45, 7) is 12.9. The van der Waals surface area contributed by atoms with Crippen LogP contribution in [0.25, 0.3) is 0 Å². The third kappa shape index (κ3) is 6.17. The van der Waals surface area contributed by atoms with Gasteiger partial charge in [0, 0.05) is 45.1 Å². The minimum Gasteiger partial charge on any atom is -0.357 e. The number of guanidine groups is 1. The van der Waals surface area contributed by atoms with E-state index in [1.807, 2.05) is 11.0 Å². The molecule has 140 valence electrons. The normalized spacial score (nSPS) is 15.6. The smallest absolute Gasteiger partial charge is 0.219 e. The van der Waals surface area contributed by atoms with Crippen LogP contribution in [0.3, 0.4) is 0 Å². The Labute approximate surface area is 168 Å². The molecule has 1 aromatic carbocycles. The lowest BCUT2D eigenvalue weighted by atomic mass is 9.85. The number of piperazine rings is 1. The van der Waals surface area contributed by atoms with Crippen LogP contribution in [-0.2, 0) is 10.2 Å². The molecule has 0 unspecified atom stereocenters. The molecule has 0 bridgehead atoms. The first-order valence-electron chi connectivity index (χ1n) is 8.78. The highest BCUT2D eigenvalue weighted by atomic mass is 127. The van der Waals surface area contributed by atoms with Gasteiger partial charge < -0.3 is 15.1 Å². The molecule has 0 aromatic heterocycles. The highest BCUT2D eigenvalue weighted by Gasteiger charge is 2.23. The zero-order chi connectivity index (χ0) is 17.6. The van der Waals surface area contributed by atoms with Crippen molar-refractivity contribution in [1.82, 2.24) is 15.1 Å². The van der Waals surface area contributed by atoms with E-state index < -0.39 is 0 Å². The fourth-order valence-corrected chi connectivity index (χ4v) is 2.91. The van der Waals surface area contributed by atoms with Crippen molar-refractivity contribution in [3.8, 4) is 0 Å². The van der Waals surface area contributed by atoms with E-state index in [9.17, 15) is 4.79 Å². The predicted octanol–water partition coefficient (Wildman–Crippen LogP) is 2.71. The average molecular weight is 458 g/mol. The molecule has 0 aliphatic carbocycles. The lowest BCUT2D eigenvalue weighted by Crippen LogP contribution is -2.53. The number of nitrogens with one attached hydrogen (secondary N) is 1. The maximum Gasteiger partial charge on any atom is 0.219 e. The number of carbonyl (C=O) groups is 1. The van der Waals surface area contributed by atoms with Crippen molar-refractivity contribution in [3.63, 3.8) is 0 Å². The van der Waals surface area contributed by atoms with E-state index in [1.54, 1.807) is 6.92 Å². The second-order valence-electron chi connectivity index (χ2n) is 6.91. The highest BCUT2D eigenvalue weighted by molar-refractivity contribution is 14.0. The molecule has 2 rings (SSSR count). The van der Waals surface area contributed by atoms with Crippen molar-refractivity contribution in [1.29, 1.82) is 0 Å². The van der Waals surface area contributed by atoms with Crippen LogP contribution in [0.15, 0.2) is 35.3 Å². The Morgan fingerprint density at radius 1 is 1.12 bits per heavy atom. The van der Waals surface area contributed by atoms with E-state index >= 15 is 0 Å². The summed E-state index contributed by atoms with van der Waals surface area (Å²) in [5, 5.41) is 3.39. The fraction of sp³-hybridized carbons (Fsp3) is 0.579. The van der Waals surface area contributed by atoms with Crippen molar-refractivity contribution in [3.05, 3.63) is 35.9 Å². The maximum atomic E-state index is 11.5. The van der Waals surface area contributed by atoms with E-state index in [4.69, 9.17) is 4.99 Å². The molecule has 1 aliphatic rings. The minimum absolute atomic E-state index is 0. The molecule has 0 radical (unpaired) electrons. The summed E-state index contributed by atoms with van der Waals surface area (Å²) in [7, 11) is 0. The van der Waals surface area contributed by atoms with Crippen LogP contribution in [0, 0.1) is 0 Å². The molecule has 0 spiro atoms. The van der Waals surface area contributed by atoms with Crippen molar-refractivity contribution in [2.24, 2.45) is 4.99 Å². The summed E-state index contributed by atoms with van der Waals surface area (Å²) >= 11 is 0. The van der Waals surface area contributed by atoms with Gasteiger partial charge in [0.25, 0.3) is 0 Å². The number of benzene rings is 1. The zero-order valence-corrected chi connectivity index (χ0v) is 18.1. The third-order valence-electron chi connectivity index (χ3n) is 4.54. The lowest BCUT2D eigenvalue weighted by molar-refractivity contribution is -0.130. The molecule has 1 aromatic rings. The van der Waals surface area contributed by atoms with E-state index in [1.165, 1.54) is 5.56 Å². The second-order valence-corrected chi connectivity index (χ2v) is 6.91. The Balaban J connectivity index is 0.00000312. The van der Waals surface area contributed by atoms with Crippen LogP contribution in [0.2, 0.25) is 0 Å². The van der Waals surface area contributed by atoms with Gasteiger partial charge >= 0.3 is 0 Å². The van der Waals surface area contributed by atoms with Gasteiger partial charge in [-0.15, -0.1) is 24.0 Å². The molecule has 0 atom stereocenters. The van der Waals surface area contributed by atoms with Crippen molar-refractivity contribution in [2.45, 2.75) is 33.1 Å². The molecule has 1 fully saturated rings. The molecular weight excluding hydrogens is 427 g/mol. The molecule has 25 heavy (non-hydrogen) atoms. The first kappa shape index (κ1) is 21.7. The molecule has 1 N–H and O–H groups in total. The van der Waals surface area contributed by atoms with Gasteiger partial charge in [0.1, 0.15) is 0 Å². The molecule has 1 heterocycles. The molecule has 1 aliphatic heterocycles. The monoisotopic (exact) mass is 458 g/mol. The number of hydrogen-bond donors (Lipinski definition) is 1. The lowest BCUT2D eigenvalue weighted by Gasteiger charge is -2.36. The molecule has 1 amide bonds. The quantitative estimate of drug-likeness (QED) is 0.429. The van der Waals surface area contributed by atoms with Crippen LogP contribution in [0.1, 0.15) is 33.3 Å². The Kier molecular flexibility index (Phi) is 8.68. The number of halogens is 1. The number of aliphatic imine (C=N–C) groups is 1. The molecule has 0 saturated carbocycles. The summed E-state index contributed by atoms with van der Waals surface area (Å²) in [5.74, 6) is 1.10. The van der Waals surface area contributed by atoms with E-state index in [0.717, 1.165) is 45.2 Å². The summed E-state index contributed by atoms with van der Waals surface area (Å²) in [5.41, 5.74) is 1.29. The molecule has 1 saturated heterocycles. The summed E-state index contributed by atoms with van der Waals surface area (Å²) in [6, 6.07) is 10.5. The van der Waals surface area contributed by atoms with Crippen molar-refractivity contribution < 1.29 is 4.79 Å². The van der Waals surface area contributed by atoms with Gasteiger partial charge in [0.15, 0.2) is 5.96 Å². The Morgan fingerprint density at radius 2 is 1.68 bits per heavy atom. The van der Waals surface area contributed by atoms with E-state index in [-0.39, 0.29) is 35.3 Å². The zero-order valence-electron chi connectivity index (χ0n) is 15.8. The first-order valence-corrected chi connectivity index (χ1v) is 8.78. The van der Waals surface area contributed by atoms with Crippen LogP contribution in [0.4, 0.5) is 0 Å². The SMILES string of the molecule is CCNC(=NCC(C)(C)c1ccccc1)N1CCN(C(C)=O)CC1.I. The number of carbonyl (C=O) groups excluding carboxylic acids is 1. The number of rotatable bonds is 4. The first-order chi connectivity index (χ1) is 11.4. The maximum absolute atomic E-state index is 11.5. The average Bonchev–Trinajstić information content (AvgIpc) is 2.59. The summed E-state index contributed by atoms with van der Waals surface area (Å²) < 4.78 is 0. The summed E-state index contributed by atoms with van der Waals surface area (Å²) in [4.78, 5) is 20.5. The van der Waals surface area contributed by atoms with Gasteiger partial charge in [-0.3, -0.25) is 9.79 Å². The van der Waals surface area contributed by atoms with Gasteiger partial charge in [-0.1, -0.05) is 44.2 Å². The van der Waals surface area contributed by atoms with Crippen LogP contribution in [-0.4, -0.2) is 60.9 Å². The van der Waals surface area contributed by atoms with Crippen molar-refractivity contribution >= 4 is 35.8 Å². The predicted molar refractivity (Wildman–Crippen MR) is 115 cm³/mol. The molecular formula is C19H31IN4O. The van der Waals surface area contributed by atoms with Crippen LogP contribution < -0.4 is 5.32 Å². The Morgan fingerprint density at radius 3 is 2.20 bits per heavy atom. The van der Waals surface area contributed by atoms with E-state index in [0.29, 0.717) is 0 Å². The number of hydrogen-bond acceptors (Lipinski definition) is 2. The van der Waals surface area contributed by atoms with Gasteiger partial charge in [0.05, 0.1) is 6.54 Å². The van der Waals surface area contributed by atoms with E-state index in [2.05, 4.69) is 55.3 Å². The molecule has 6 heteroatoms. The van der Waals surface area contributed by atoms with Gasteiger partial charge in [0.2, 0.25) is 5.91 Å².